The van der Waals surface area contributed by atoms with Crippen molar-refractivity contribution in [2.75, 3.05) is 24.5 Å². The molecule has 5 nitrogen and oxygen atoms in total. The number of amides is 1. The number of hydrogen-bond acceptors (Lipinski definition) is 4. The number of benzene rings is 1. The van der Waals surface area contributed by atoms with Gasteiger partial charge in [0.15, 0.2) is 0 Å². The van der Waals surface area contributed by atoms with Crippen LogP contribution in [-0.4, -0.2) is 30.6 Å². The molecule has 0 radical (unpaired) electrons. The molecule has 0 aliphatic heterocycles. The van der Waals surface area contributed by atoms with Gasteiger partial charge in [-0.2, -0.15) is 0 Å². The van der Waals surface area contributed by atoms with Gasteiger partial charge in [0.05, 0.1) is 19.4 Å². The lowest BCUT2D eigenvalue weighted by molar-refractivity contribution is -0.120. The highest BCUT2D eigenvalue weighted by atomic mass is 16.4. The van der Waals surface area contributed by atoms with E-state index in [2.05, 4.69) is 5.32 Å². The standard InChI is InChI=1S/C16H20N2O3/c1-2-18(13-7-4-3-5-8-13)12-16(20)17-11-14(19)15-9-6-10-21-15/h3-10,14,19H,2,11-12H2,1H3,(H,17,20). The van der Waals surface area contributed by atoms with Crippen LogP contribution in [0, 0.1) is 0 Å². The monoisotopic (exact) mass is 288 g/mol. The fourth-order valence-electron chi connectivity index (χ4n) is 2.05. The molecule has 1 atom stereocenters. The van der Waals surface area contributed by atoms with Crippen molar-refractivity contribution in [2.45, 2.75) is 13.0 Å². The number of rotatable bonds is 7. The Bertz CT molecular complexity index is 540. The lowest BCUT2D eigenvalue weighted by Gasteiger charge is -2.22. The predicted molar refractivity (Wildman–Crippen MR) is 81.0 cm³/mol. The number of nitrogens with zero attached hydrogens (tertiary/aromatic N) is 1. The molecule has 1 aromatic carbocycles. The average molecular weight is 288 g/mol. The third kappa shape index (κ3) is 4.36. The van der Waals surface area contributed by atoms with Gasteiger partial charge < -0.3 is 19.7 Å². The summed E-state index contributed by atoms with van der Waals surface area (Å²) in [6.07, 6.45) is 0.671. The fourth-order valence-corrected chi connectivity index (χ4v) is 2.05. The number of anilines is 1. The third-order valence-corrected chi connectivity index (χ3v) is 3.20. The predicted octanol–water partition coefficient (Wildman–Crippen LogP) is 1.96. The van der Waals surface area contributed by atoms with Crippen LogP contribution in [0.2, 0.25) is 0 Å². The van der Waals surface area contributed by atoms with Gasteiger partial charge in [0.1, 0.15) is 11.9 Å². The Hall–Kier alpha value is -2.27. The van der Waals surface area contributed by atoms with E-state index in [0.29, 0.717) is 5.76 Å². The van der Waals surface area contributed by atoms with Gasteiger partial charge in [-0.3, -0.25) is 4.79 Å². The molecule has 0 spiro atoms. The number of nitrogens with one attached hydrogen (secondary N) is 1. The quantitative estimate of drug-likeness (QED) is 0.817. The summed E-state index contributed by atoms with van der Waals surface area (Å²) in [4.78, 5) is 13.9. The Morgan fingerprint density at radius 3 is 2.67 bits per heavy atom. The zero-order valence-corrected chi connectivity index (χ0v) is 12.0. The van der Waals surface area contributed by atoms with Crippen molar-refractivity contribution in [2.24, 2.45) is 0 Å². The molecule has 0 saturated heterocycles. The Morgan fingerprint density at radius 1 is 1.29 bits per heavy atom. The summed E-state index contributed by atoms with van der Waals surface area (Å²) in [5, 5.41) is 12.6. The van der Waals surface area contributed by atoms with Gasteiger partial charge in [-0.05, 0) is 31.2 Å². The van der Waals surface area contributed by atoms with E-state index in [0.717, 1.165) is 12.2 Å². The van der Waals surface area contributed by atoms with Crippen molar-refractivity contribution >= 4 is 11.6 Å². The van der Waals surface area contributed by atoms with Crippen molar-refractivity contribution < 1.29 is 14.3 Å². The molecule has 1 aromatic heterocycles. The van der Waals surface area contributed by atoms with Crippen LogP contribution < -0.4 is 10.2 Å². The van der Waals surface area contributed by atoms with Gasteiger partial charge in [-0.1, -0.05) is 18.2 Å². The van der Waals surface area contributed by atoms with Gasteiger partial charge in [0.25, 0.3) is 0 Å². The van der Waals surface area contributed by atoms with Crippen LogP contribution >= 0.6 is 0 Å². The molecule has 2 N–H and O–H groups in total. The molecule has 0 saturated carbocycles. The van der Waals surface area contributed by atoms with Gasteiger partial charge in [-0.25, -0.2) is 0 Å². The summed E-state index contributed by atoms with van der Waals surface area (Å²) in [6, 6.07) is 13.1. The minimum absolute atomic E-state index is 0.133. The van der Waals surface area contributed by atoms with Crippen molar-refractivity contribution in [3.05, 3.63) is 54.5 Å². The van der Waals surface area contributed by atoms with E-state index in [9.17, 15) is 9.90 Å². The minimum Gasteiger partial charge on any atom is -0.467 e. The van der Waals surface area contributed by atoms with Crippen LogP contribution in [0.25, 0.3) is 0 Å². The number of furan rings is 1. The first-order valence-electron chi connectivity index (χ1n) is 6.99. The fraction of sp³-hybridized carbons (Fsp3) is 0.312. The van der Waals surface area contributed by atoms with E-state index < -0.39 is 6.10 Å². The van der Waals surface area contributed by atoms with Crippen molar-refractivity contribution in [3.8, 4) is 0 Å². The van der Waals surface area contributed by atoms with Crippen LogP contribution in [0.15, 0.2) is 53.1 Å². The van der Waals surface area contributed by atoms with Crippen molar-refractivity contribution in [1.29, 1.82) is 0 Å². The van der Waals surface area contributed by atoms with E-state index in [4.69, 9.17) is 4.42 Å². The van der Waals surface area contributed by atoms with Crippen LogP contribution in [0.5, 0.6) is 0 Å². The molecule has 112 valence electrons. The molecule has 2 aromatic rings. The average Bonchev–Trinajstić information content (AvgIpc) is 3.05. The zero-order valence-electron chi connectivity index (χ0n) is 12.0. The molecule has 1 heterocycles. The first-order valence-corrected chi connectivity index (χ1v) is 6.99. The summed E-state index contributed by atoms with van der Waals surface area (Å²) in [5.74, 6) is 0.317. The molecular weight excluding hydrogens is 268 g/mol. The van der Waals surface area contributed by atoms with Crippen LogP contribution in [0.1, 0.15) is 18.8 Å². The highest BCUT2D eigenvalue weighted by Crippen LogP contribution is 2.13. The smallest absolute Gasteiger partial charge is 0.239 e. The lowest BCUT2D eigenvalue weighted by atomic mass is 10.2. The second kappa shape index (κ2) is 7.50. The SMILES string of the molecule is CCN(CC(=O)NCC(O)c1ccco1)c1ccccc1. The molecule has 0 bridgehead atoms. The van der Waals surface area contributed by atoms with E-state index in [1.165, 1.54) is 6.26 Å². The molecule has 0 aliphatic rings. The molecule has 21 heavy (non-hydrogen) atoms. The summed E-state index contributed by atoms with van der Waals surface area (Å²) in [5.41, 5.74) is 1.00. The lowest BCUT2D eigenvalue weighted by Crippen LogP contribution is -2.38. The topological polar surface area (TPSA) is 65.7 Å². The van der Waals surface area contributed by atoms with Crippen molar-refractivity contribution in [3.63, 3.8) is 0 Å². The van der Waals surface area contributed by atoms with Crippen LogP contribution in [0.4, 0.5) is 5.69 Å². The second-order valence-corrected chi connectivity index (χ2v) is 4.69. The maximum absolute atomic E-state index is 12.0. The number of likely N-dealkylation sites (N-methyl/N-ethyl adjacent to an activating group) is 1. The first kappa shape index (κ1) is 15.1. The molecular formula is C16H20N2O3. The van der Waals surface area contributed by atoms with Crippen molar-refractivity contribution in [1.82, 2.24) is 5.32 Å². The molecule has 5 heteroatoms. The Labute approximate surface area is 124 Å². The number of hydrogen-bond donors (Lipinski definition) is 2. The second-order valence-electron chi connectivity index (χ2n) is 4.69. The third-order valence-electron chi connectivity index (χ3n) is 3.20. The van der Waals surface area contributed by atoms with E-state index in [1.54, 1.807) is 12.1 Å². The molecule has 0 aliphatic carbocycles. The highest BCUT2D eigenvalue weighted by Gasteiger charge is 2.14. The van der Waals surface area contributed by atoms with Gasteiger partial charge in [-0.15, -0.1) is 0 Å². The number of aliphatic hydroxyl groups is 1. The van der Waals surface area contributed by atoms with Crippen LogP contribution in [0.3, 0.4) is 0 Å². The number of carbonyl (C=O) groups is 1. The number of para-hydroxylation sites is 1. The molecule has 1 amide bonds. The summed E-state index contributed by atoms with van der Waals surface area (Å²) < 4.78 is 5.09. The first-order chi connectivity index (χ1) is 10.2. The Morgan fingerprint density at radius 2 is 2.05 bits per heavy atom. The largest absolute Gasteiger partial charge is 0.467 e. The maximum atomic E-state index is 12.0. The summed E-state index contributed by atoms with van der Waals surface area (Å²) >= 11 is 0. The molecule has 2 rings (SSSR count). The summed E-state index contributed by atoms with van der Waals surface area (Å²) in [7, 11) is 0. The normalized spacial score (nSPS) is 11.9. The number of carbonyl (C=O) groups excluding carboxylic acids is 1. The van der Waals surface area contributed by atoms with E-state index >= 15 is 0 Å². The number of aliphatic hydroxyl groups excluding tert-OH is 1. The Balaban J connectivity index is 1.83. The molecule has 0 fully saturated rings. The van der Waals surface area contributed by atoms with Gasteiger partial charge in [0.2, 0.25) is 5.91 Å². The van der Waals surface area contributed by atoms with Gasteiger partial charge in [0, 0.05) is 12.2 Å². The minimum atomic E-state index is -0.823. The zero-order chi connectivity index (χ0) is 15.1. The Kier molecular flexibility index (Phi) is 5.40. The van der Waals surface area contributed by atoms with E-state index in [1.807, 2.05) is 42.2 Å². The van der Waals surface area contributed by atoms with Crippen LogP contribution in [-0.2, 0) is 4.79 Å². The molecule has 1 unspecified atom stereocenters. The van der Waals surface area contributed by atoms with E-state index in [-0.39, 0.29) is 19.0 Å². The highest BCUT2D eigenvalue weighted by molar-refractivity contribution is 5.81. The maximum Gasteiger partial charge on any atom is 0.239 e. The van der Waals surface area contributed by atoms with Gasteiger partial charge >= 0.3 is 0 Å². The summed E-state index contributed by atoms with van der Waals surface area (Å²) in [6.45, 7) is 3.13.